The molecule has 1 atom stereocenters. The lowest BCUT2D eigenvalue weighted by atomic mass is 10.0. The molecule has 6 heteroatoms. The van der Waals surface area contributed by atoms with E-state index < -0.39 is 11.9 Å². The molecule has 1 heterocycles. The number of carbonyl (C=O) groups is 2. The van der Waals surface area contributed by atoms with Crippen molar-refractivity contribution in [2.24, 2.45) is 5.92 Å². The minimum Gasteiger partial charge on any atom is -0.481 e. The number of anilines is 1. The second kappa shape index (κ2) is 7.79. The molecule has 0 saturated heterocycles. The van der Waals surface area contributed by atoms with E-state index in [4.69, 9.17) is 5.11 Å². The molecule has 0 fully saturated rings. The molecule has 0 bridgehead atoms. The van der Waals surface area contributed by atoms with Crippen molar-refractivity contribution in [3.05, 3.63) is 48.3 Å². The maximum absolute atomic E-state index is 12.5. The lowest BCUT2D eigenvalue weighted by Gasteiger charge is -2.19. The van der Waals surface area contributed by atoms with Gasteiger partial charge in [0.05, 0.1) is 11.5 Å². The molecule has 1 N–H and O–H groups in total. The molecule has 0 radical (unpaired) electrons. The third-order valence-corrected chi connectivity index (χ3v) is 4.02. The highest BCUT2D eigenvalue weighted by molar-refractivity contribution is 5.95. The topological polar surface area (TPSA) is 73.7 Å². The Balaban J connectivity index is 2.20. The normalized spacial score (nSPS) is 11.7. The minimum atomic E-state index is -0.924. The SMILES string of the molecule is CC(CN(C)C(=O)c1cncc(-c2ccc(N(C)C)cc2)c1)C(=O)O. The van der Waals surface area contributed by atoms with Crippen LogP contribution in [0.15, 0.2) is 42.7 Å². The van der Waals surface area contributed by atoms with Crippen molar-refractivity contribution in [2.75, 3.05) is 32.6 Å². The average Bonchev–Trinajstić information content (AvgIpc) is 2.61. The highest BCUT2D eigenvalue weighted by Gasteiger charge is 2.19. The van der Waals surface area contributed by atoms with Crippen LogP contribution in [0.25, 0.3) is 11.1 Å². The van der Waals surface area contributed by atoms with Gasteiger partial charge in [-0.05, 0) is 23.8 Å². The van der Waals surface area contributed by atoms with Gasteiger partial charge in [0.15, 0.2) is 0 Å². The number of rotatable bonds is 6. The van der Waals surface area contributed by atoms with Crippen LogP contribution in [0.4, 0.5) is 5.69 Å². The molecule has 0 aliphatic carbocycles. The molecule has 1 aromatic heterocycles. The molecule has 0 aliphatic heterocycles. The number of nitrogens with zero attached hydrogens (tertiary/aromatic N) is 3. The Labute approximate surface area is 147 Å². The second-order valence-electron chi connectivity index (χ2n) is 6.33. The van der Waals surface area contributed by atoms with Crippen LogP contribution in [0, 0.1) is 5.92 Å². The highest BCUT2D eigenvalue weighted by Crippen LogP contribution is 2.23. The second-order valence-corrected chi connectivity index (χ2v) is 6.33. The lowest BCUT2D eigenvalue weighted by molar-refractivity contribution is -0.141. The quantitative estimate of drug-likeness (QED) is 0.874. The summed E-state index contributed by atoms with van der Waals surface area (Å²) in [4.78, 5) is 31.1. The van der Waals surface area contributed by atoms with Gasteiger partial charge in [0, 0.05) is 51.3 Å². The van der Waals surface area contributed by atoms with Gasteiger partial charge < -0.3 is 14.9 Å². The van der Waals surface area contributed by atoms with Crippen molar-refractivity contribution in [2.45, 2.75) is 6.92 Å². The Morgan fingerprint density at radius 2 is 1.72 bits per heavy atom. The first-order valence-electron chi connectivity index (χ1n) is 8.00. The lowest BCUT2D eigenvalue weighted by Crippen LogP contribution is -2.33. The Morgan fingerprint density at radius 3 is 2.28 bits per heavy atom. The molecule has 0 aliphatic rings. The van der Waals surface area contributed by atoms with E-state index in [0.29, 0.717) is 5.56 Å². The zero-order valence-corrected chi connectivity index (χ0v) is 14.9. The molecule has 0 saturated carbocycles. The summed E-state index contributed by atoms with van der Waals surface area (Å²) < 4.78 is 0. The van der Waals surface area contributed by atoms with E-state index in [0.717, 1.165) is 16.8 Å². The first kappa shape index (κ1) is 18.4. The van der Waals surface area contributed by atoms with Crippen molar-refractivity contribution in [3.63, 3.8) is 0 Å². The van der Waals surface area contributed by atoms with E-state index in [2.05, 4.69) is 4.98 Å². The highest BCUT2D eigenvalue weighted by atomic mass is 16.4. The number of hydrogen-bond donors (Lipinski definition) is 1. The fourth-order valence-electron chi connectivity index (χ4n) is 2.46. The Hall–Kier alpha value is -2.89. The summed E-state index contributed by atoms with van der Waals surface area (Å²) in [6.07, 6.45) is 3.21. The van der Waals surface area contributed by atoms with Crippen molar-refractivity contribution >= 4 is 17.6 Å². The van der Waals surface area contributed by atoms with Gasteiger partial charge >= 0.3 is 5.97 Å². The number of amides is 1. The molecule has 1 amide bonds. The van der Waals surface area contributed by atoms with E-state index in [9.17, 15) is 9.59 Å². The van der Waals surface area contributed by atoms with Gasteiger partial charge in [0.2, 0.25) is 0 Å². The van der Waals surface area contributed by atoms with Crippen LogP contribution in [-0.2, 0) is 4.79 Å². The number of pyridine rings is 1. The molecule has 6 nitrogen and oxygen atoms in total. The maximum atomic E-state index is 12.5. The zero-order chi connectivity index (χ0) is 18.6. The summed E-state index contributed by atoms with van der Waals surface area (Å²) in [5.41, 5.74) is 3.34. The smallest absolute Gasteiger partial charge is 0.308 e. The number of benzene rings is 1. The summed E-state index contributed by atoms with van der Waals surface area (Å²) in [6, 6.07) is 9.75. The van der Waals surface area contributed by atoms with Gasteiger partial charge in [0.25, 0.3) is 5.91 Å². The third-order valence-electron chi connectivity index (χ3n) is 4.02. The zero-order valence-electron chi connectivity index (χ0n) is 14.9. The minimum absolute atomic E-state index is 0.149. The van der Waals surface area contributed by atoms with Crippen LogP contribution in [0.5, 0.6) is 0 Å². The van der Waals surface area contributed by atoms with E-state index >= 15 is 0 Å². The number of aliphatic carboxylic acids is 1. The van der Waals surface area contributed by atoms with Crippen molar-refractivity contribution in [1.29, 1.82) is 0 Å². The van der Waals surface area contributed by atoms with Gasteiger partial charge in [-0.3, -0.25) is 14.6 Å². The summed E-state index contributed by atoms with van der Waals surface area (Å²) >= 11 is 0. The number of aromatic nitrogens is 1. The number of carboxylic acids is 1. The van der Waals surface area contributed by atoms with E-state index in [-0.39, 0.29) is 12.5 Å². The van der Waals surface area contributed by atoms with E-state index in [1.807, 2.05) is 43.3 Å². The van der Waals surface area contributed by atoms with Gasteiger partial charge in [-0.1, -0.05) is 19.1 Å². The summed E-state index contributed by atoms with van der Waals surface area (Å²) in [5.74, 6) is -1.79. The van der Waals surface area contributed by atoms with Crippen LogP contribution in [0.2, 0.25) is 0 Å². The van der Waals surface area contributed by atoms with Crippen LogP contribution in [0.1, 0.15) is 17.3 Å². The fourth-order valence-corrected chi connectivity index (χ4v) is 2.46. The first-order valence-corrected chi connectivity index (χ1v) is 8.00. The van der Waals surface area contributed by atoms with Gasteiger partial charge in [0.1, 0.15) is 0 Å². The monoisotopic (exact) mass is 341 g/mol. The van der Waals surface area contributed by atoms with Crippen LogP contribution < -0.4 is 4.90 Å². The van der Waals surface area contributed by atoms with Crippen LogP contribution >= 0.6 is 0 Å². The maximum Gasteiger partial charge on any atom is 0.308 e. The molecule has 1 unspecified atom stereocenters. The van der Waals surface area contributed by atoms with Crippen LogP contribution in [-0.4, -0.2) is 54.6 Å². The van der Waals surface area contributed by atoms with Crippen molar-refractivity contribution < 1.29 is 14.7 Å². The number of carboxylic acid groups (broad SMARTS) is 1. The molecular formula is C19H23N3O3. The molecule has 2 rings (SSSR count). The number of hydrogen-bond acceptors (Lipinski definition) is 4. The van der Waals surface area contributed by atoms with Gasteiger partial charge in [-0.15, -0.1) is 0 Å². The predicted octanol–water partition coefficient (Wildman–Crippen LogP) is 2.61. The molecule has 132 valence electrons. The van der Waals surface area contributed by atoms with Gasteiger partial charge in [-0.25, -0.2) is 0 Å². The van der Waals surface area contributed by atoms with E-state index in [1.165, 1.54) is 11.1 Å². The third kappa shape index (κ3) is 4.56. The molecule has 2 aromatic rings. The molecule has 1 aromatic carbocycles. The Morgan fingerprint density at radius 1 is 1.08 bits per heavy atom. The van der Waals surface area contributed by atoms with Crippen LogP contribution in [0.3, 0.4) is 0 Å². The Kier molecular flexibility index (Phi) is 5.75. The summed E-state index contributed by atoms with van der Waals surface area (Å²) in [5, 5.41) is 8.98. The molecule has 0 spiro atoms. The Bertz CT molecular complexity index is 757. The molecule has 25 heavy (non-hydrogen) atoms. The van der Waals surface area contributed by atoms with E-state index in [1.54, 1.807) is 26.2 Å². The largest absolute Gasteiger partial charge is 0.481 e. The average molecular weight is 341 g/mol. The number of carbonyl (C=O) groups excluding carboxylic acids is 1. The summed E-state index contributed by atoms with van der Waals surface area (Å²) in [7, 11) is 5.55. The predicted molar refractivity (Wildman–Crippen MR) is 97.8 cm³/mol. The standard InChI is InChI=1S/C19H23N3O3/c1-13(19(24)25)12-22(4)18(23)16-9-15(10-20-11-16)14-5-7-17(8-6-14)21(2)3/h5-11,13H,12H2,1-4H3,(H,24,25). The van der Waals surface area contributed by atoms with Gasteiger partial charge in [-0.2, -0.15) is 0 Å². The van der Waals surface area contributed by atoms with Crippen molar-refractivity contribution in [1.82, 2.24) is 9.88 Å². The fraction of sp³-hybridized carbons (Fsp3) is 0.316. The van der Waals surface area contributed by atoms with Crippen molar-refractivity contribution in [3.8, 4) is 11.1 Å². The first-order chi connectivity index (χ1) is 11.8. The molecular weight excluding hydrogens is 318 g/mol. The summed E-state index contributed by atoms with van der Waals surface area (Å²) in [6.45, 7) is 1.73.